The van der Waals surface area contributed by atoms with Crippen LogP contribution >= 0.6 is 15.9 Å². The highest BCUT2D eigenvalue weighted by Gasteiger charge is 2.47. The van der Waals surface area contributed by atoms with Gasteiger partial charge in [-0.05, 0) is 71.6 Å². The topological polar surface area (TPSA) is 29.1 Å². The summed E-state index contributed by atoms with van der Waals surface area (Å²) in [5.74, 6) is 1.52. The van der Waals surface area contributed by atoms with Gasteiger partial charge >= 0.3 is 0 Å². The molecule has 2 aliphatic carbocycles. The van der Waals surface area contributed by atoms with Crippen LogP contribution in [0.5, 0.6) is 0 Å². The van der Waals surface area contributed by atoms with E-state index in [4.69, 9.17) is 0 Å². The van der Waals surface area contributed by atoms with E-state index in [0.717, 1.165) is 30.2 Å². The van der Waals surface area contributed by atoms with Crippen molar-refractivity contribution in [1.82, 2.24) is 0 Å². The van der Waals surface area contributed by atoms with E-state index < -0.39 is 0 Å². The summed E-state index contributed by atoms with van der Waals surface area (Å²) in [5.41, 5.74) is 1.46. The third-order valence-electron chi connectivity index (χ3n) is 4.14. The van der Waals surface area contributed by atoms with Crippen LogP contribution in [0.4, 0.5) is 10.1 Å². The quantitative estimate of drug-likeness (QED) is 0.882. The van der Waals surface area contributed by atoms with E-state index in [2.05, 4.69) is 21.2 Å². The molecule has 0 aliphatic heterocycles. The van der Waals surface area contributed by atoms with E-state index in [0.29, 0.717) is 10.2 Å². The Bertz CT molecular complexity index is 507. The van der Waals surface area contributed by atoms with E-state index in [1.165, 1.54) is 12.5 Å². The molecule has 0 spiro atoms. The molecule has 1 N–H and O–H groups in total. The summed E-state index contributed by atoms with van der Waals surface area (Å²) in [6.07, 6.45) is 3.36. The van der Waals surface area contributed by atoms with Gasteiger partial charge in [-0.3, -0.25) is 4.79 Å². The predicted molar refractivity (Wildman–Crippen MR) is 71.8 cm³/mol. The Hall–Kier alpha value is -0.900. The van der Waals surface area contributed by atoms with Crippen LogP contribution in [0, 0.1) is 30.5 Å². The fraction of sp³-hybridized carbons (Fsp3) is 0.500. The molecule has 3 rings (SSSR count). The maximum Gasteiger partial charge on any atom is 0.227 e. The molecular formula is C14H15BrFNO. The fourth-order valence-electron chi connectivity index (χ4n) is 2.94. The number of carbonyl (C=O) groups is 1. The number of benzene rings is 1. The molecule has 0 radical (unpaired) electrons. The second-order valence-electron chi connectivity index (χ2n) is 5.49. The lowest BCUT2D eigenvalue weighted by atomic mass is 10.0. The van der Waals surface area contributed by atoms with Gasteiger partial charge in [-0.15, -0.1) is 0 Å². The van der Waals surface area contributed by atoms with Crippen molar-refractivity contribution in [2.45, 2.75) is 26.2 Å². The van der Waals surface area contributed by atoms with Crippen LogP contribution in [-0.4, -0.2) is 5.91 Å². The Morgan fingerprint density at radius 1 is 1.33 bits per heavy atom. The molecule has 0 bridgehead atoms. The number of amides is 1. The molecule has 2 atom stereocenters. The molecule has 4 heteroatoms. The van der Waals surface area contributed by atoms with Crippen LogP contribution in [0.1, 0.15) is 24.8 Å². The Labute approximate surface area is 114 Å². The van der Waals surface area contributed by atoms with Crippen LogP contribution in [-0.2, 0) is 4.79 Å². The average molecular weight is 312 g/mol. The highest BCUT2D eigenvalue weighted by atomic mass is 79.9. The highest BCUT2D eigenvalue weighted by molar-refractivity contribution is 9.10. The summed E-state index contributed by atoms with van der Waals surface area (Å²) in [7, 11) is 0. The van der Waals surface area contributed by atoms with E-state index >= 15 is 0 Å². The van der Waals surface area contributed by atoms with Gasteiger partial charge in [0.25, 0.3) is 0 Å². The van der Waals surface area contributed by atoms with Crippen LogP contribution < -0.4 is 5.32 Å². The predicted octanol–water partition coefficient (Wildman–Crippen LogP) is 3.88. The molecule has 0 aromatic heterocycles. The number of rotatable bonds is 2. The summed E-state index contributed by atoms with van der Waals surface area (Å²) in [4.78, 5) is 12.1. The molecule has 0 heterocycles. The van der Waals surface area contributed by atoms with Crippen molar-refractivity contribution in [3.05, 3.63) is 28.0 Å². The first kappa shape index (κ1) is 12.2. The van der Waals surface area contributed by atoms with Gasteiger partial charge in [-0.2, -0.15) is 0 Å². The van der Waals surface area contributed by atoms with Gasteiger partial charge in [-0.25, -0.2) is 4.39 Å². The van der Waals surface area contributed by atoms with Crippen molar-refractivity contribution in [2.24, 2.45) is 17.8 Å². The SMILES string of the molecule is Cc1cc(F)c(Br)cc1NC(=O)C1CC2CC2C1. The number of carbonyl (C=O) groups excluding carboxylic acids is 1. The van der Waals surface area contributed by atoms with E-state index in [-0.39, 0.29) is 17.6 Å². The number of halogens is 2. The number of hydrogen-bond acceptors (Lipinski definition) is 1. The van der Waals surface area contributed by atoms with Gasteiger partial charge < -0.3 is 5.32 Å². The maximum absolute atomic E-state index is 13.3. The second kappa shape index (κ2) is 4.34. The third-order valence-corrected chi connectivity index (χ3v) is 4.75. The number of nitrogens with one attached hydrogen (secondary N) is 1. The first-order chi connectivity index (χ1) is 8.54. The average Bonchev–Trinajstić information content (AvgIpc) is 2.93. The van der Waals surface area contributed by atoms with Gasteiger partial charge in [0.2, 0.25) is 5.91 Å². The van der Waals surface area contributed by atoms with Crippen molar-refractivity contribution in [1.29, 1.82) is 0 Å². The Kier molecular flexibility index (Phi) is 2.93. The zero-order valence-corrected chi connectivity index (χ0v) is 11.8. The Balaban J connectivity index is 1.72. The monoisotopic (exact) mass is 311 g/mol. The summed E-state index contributed by atoms with van der Waals surface area (Å²) in [6.45, 7) is 1.80. The maximum atomic E-state index is 13.3. The molecule has 2 unspecified atom stereocenters. The molecule has 96 valence electrons. The van der Waals surface area contributed by atoms with Crippen LogP contribution in [0.15, 0.2) is 16.6 Å². The number of anilines is 1. The highest BCUT2D eigenvalue weighted by Crippen LogP contribution is 2.54. The lowest BCUT2D eigenvalue weighted by molar-refractivity contribution is -0.120. The third kappa shape index (κ3) is 2.18. The molecule has 2 saturated carbocycles. The van der Waals surface area contributed by atoms with Crippen LogP contribution in [0.2, 0.25) is 0 Å². The van der Waals surface area contributed by atoms with Crippen molar-refractivity contribution in [3.8, 4) is 0 Å². The minimum absolute atomic E-state index is 0.0869. The van der Waals surface area contributed by atoms with Crippen molar-refractivity contribution in [3.63, 3.8) is 0 Å². The first-order valence-corrected chi connectivity index (χ1v) is 7.10. The molecule has 18 heavy (non-hydrogen) atoms. The number of hydrogen-bond donors (Lipinski definition) is 1. The minimum Gasteiger partial charge on any atom is -0.326 e. The van der Waals surface area contributed by atoms with Crippen LogP contribution in [0.25, 0.3) is 0 Å². The summed E-state index contributed by atoms with van der Waals surface area (Å²) in [5, 5.41) is 2.93. The van der Waals surface area contributed by atoms with E-state index in [9.17, 15) is 9.18 Å². The van der Waals surface area contributed by atoms with Gasteiger partial charge in [0.05, 0.1) is 4.47 Å². The van der Waals surface area contributed by atoms with Gasteiger partial charge in [-0.1, -0.05) is 0 Å². The Morgan fingerprint density at radius 3 is 2.67 bits per heavy atom. The normalized spacial score (nSPS) is 28.9. The zero-order chi connectivity index (χ0) is 12.9. The molecule has 2 nitrogen and oxygen atoms in total. The van der Waals surface area contributed by atoms with Gasteiger partial charge in [0.15, 0.2) is 0 Å². The fourth-order valence-corrected chi connectivity index (χ4v) is 3.29. The van der Waals surface area contributed by atoms with Gasteiger partial charge in [0, 0.05) is 11.6 Å². The smallest absolute Gasteiger partial charge is 0.227 e. The zero-order valence-electron chi connectivity index (χ0n) is 10.2. The summed E-state index contributed by atoms with van der Waals surface area (Å²) >= 11 is 3.14. The van der Waals surface area contributed by atoms with Gasteiger partial charge in [0.1, 0.15) is 5.82 Å². The van der Waals surface area contributed by atoms with Crippen molar-refractivity contribution in [2.75, 3.05) is 5.32 Å². The summed E-state index contributed by atoms with van der Waals surface area (Å²) < 4.78 is 13.7. The molecule has 0 saturated heterocycles. The standard InChI is InChI=1S/C14H15BrFNO/c1-7-2-12(16)11(15)6-13(7)17-14(18)10-4-8-3-9(8)5-10/h2,6,8-10H,3-5H2,1H3,(H,17,18). The minimum atomic E-state index is -0.299. The van der Waals surface area contributed by atoms with Crippen LogP contribution in [0.3, 0.4) is 0 Å². The largest absolute Gasteiger partial charge is 0.326 e. The van der Waals surface area contributed by atoms with Crippen molar-refractivity contribution < 1.29 is 9.18 Å². The molecule has 2 aliphatic rings. The molecule has 2 fully saturated rings. The molecule has 1 aromatic rings. The van der Waals surface area contributed by atoms with E-state index in [1.54, 1.807) is 13.0 Å². The van der Waals surface area contributed by atoms with E-state index in [1.807, 2.05) is 0 Å². The lowest BCUT2D eigenvalue weighted by Crippen LogP contribution is -2.22. The van der Waals surface area contributed by atoms with Crippen molar-refractivity contribution >= 4 is 27.5 Å². The lowest BCUT2D eigenvalue weighted by Gasteiger charge is -2.14. The number of fused-ring (bicyclic) bond motifs is 1. The summed E-state index contributed by atoms with van der Waals surface area (Å²) in [6, 6.07) is 3.07. The first-order valence-electron chi connectivity index (χ1n) is 6.31. The molecule has 1 amide bonds. The molecule has 1 aromatic carbocycles. The Morgan fingerprint density at radius 2 is 2.00 bits per heavy atom. The molecular weight excluding hydrogens is 297 g/mol. The number of aryl methyl sites for hydroxylation is 1. The second-order valence-corrected chi connectivity index (χ2v) is 6.35.